The normalized spacial score (nSPS) is 11.5. The van der Waals surface area contributed by atoms with Crippen LogP contribution in [0.4, 0.5) is 13.2 Å². The number of rotatable bonds is 7. The van der Waals surface area contributed by atoms with Crippen LogP contribution in [0.25, 0.3) is 6.08 Å². The Morgan fingerprint density at radius 2 is 1.81 bits per heavy atom. The summed E-state index contributed by atoms with van der Waals surface area (Å²) in [7, 11) is 1.48. The van der Waals surface area contributed by atoms with Gasteiger partial charge in [-0.05, 0) is 54.1 Å². The number of benzene rings is 3. The zero-order valence-corrected chi connectivity index (χ0v) is 16.5. The molecule has 0 aromatic heterocycles. The van der Waals surface area contributed by atoms with Crippen LogP contribution in [0.5, 0.6) is 17.2 Å². The molecule has 0 radical (unpaired) electrons. The summed E-state index contributed by atoms with van der Waals surface area (Å²) in [5.74, 6) is 0.298. The Hall–Kier alpha value is -3.74. The van der Waals surface area contributed by atoms with E-state index in [1.54, 1.807) is 36.4 Å². The van der Waals surface area contributed by atoms with E-state index in [1.807, 2.05) is 0 Å². The third kappa shape index (κ3) is 5.88. The molecule has 0 spiro atoms. The van der Waals surface area contributed by atoms with Gasteiger partial charge in [-0.2, -0.15) is 13.2 Å². The molecule has 3 rings (SSSR count). The number of ketones is 1. The number of phenolic OH excluding ortho intramolecular Hbond substituents is 1. The Morgan fingerprint density at radius 3 is 2.52 bits per heavy atom. The molecule has 0 amide bonds. The molecule has 0 atom stereocenters. The molecule has 0 aliphatic rings. The van der Waals surface area contributed by atoms with E-state index in [0.717, 1.165) is 12.1 Å². The molecule has 0 saturated carbocycles. The van der Waals surface area contributed by atoms with Crippen LogP contribution >= 0.6 is 0 Å². The number of methoxy groups -OCH3 is 1. The van der Waals surface area contributed by atoms with Crippen LogP contribution in [-0.2, 0) is 12.8 Å². The number of carbonyl (C=O) groups is 1. The molecule has 4 nitrogen and oxygen atoms in total. The number of hydrogen-bond acceptors (Lipinski definition) is 4. The van der Waals surface area contributed by atoms with Gasteiger partial charge >= 0.3 is 6.18 Å². The van der Waals surface area contributed by atoms with Gasteiger partial charge in [-0.15, -0.1) is 0 Å². The summed E-state index contributed by atoms with van der Waals surface area (Å²) >= 11 is 0. The zero-order valence-electron chi connectivity index (χ0n) is 16.5. The SMILES string of the molecule is COc1ccc(/C=C/C(=O)c2cccc(O)c2)cc1COc1cccc(C(F)(F)F)c1. The Balaban J connectivity index is 1.76. The van der Waals surface area contributed by atoms with E-state index >= 15 is 0 Å². The molecule has 7 heteroatoms. The van der Waals surface area contributed by atoms with Gasteiger partial charge in [0.15, 0.2) is 5.78 Å². The lowest BCUT2D eigenvalue weighted by Crippen LogP contribution is -2.05. The third-order valence-electron chi connectivity index (χ3n) is 4.42. The number of allylic oxidation sites excluding steroid dienone is 1. The van der Waals surface area contributed by atoms with Crippen molar-refractivity contribution in [2.75, 3.05) is 7.11 Å². The van der Waals surface area contributed by atoms with Crippen molar-refractivity contribution in [3.05, 3.63) is 95.1 Å². The maximum Gasteiger partial charge on any atom is 0.416 e. The maximum atomic E-state index is 12.9. The standard InChI is InChI=1S/C24H19F3O4/c1-30-23-11-9-16(8-10-22(29)17-4-2-6-20(28)13-17)12-18(23)15-31-21-7-3-5-19(14-21)24(25,26)27/h2-14,28H,15H2,1H3/b10-8+. The minimum Gasteiger partial charge on any atom is -0.508 e. The number of aromatic hydroxyl groups is 1. The Morgan fingerprint density at radius 1 is 1.03 bits per heavy atom. The second-order valence-electron chi connectivity index (χ2n) is 6.63. The Kier molecular flexibility index (Phi) is 6.65. The second-order valence-corrected chi connectivity index (χ2v) is 6.63. The molecule has 0 saturated heterocycles. The first-order valence-electron chi connectivity index (χ1n) is 9.24. The lowest BCUT2D eigenvalue weighted by atomic mass is 10.1. The van der Waals surface area contributed by atoms with Crippen LogP contribution in [0.2, 0.25) is 0 Å². The Labute approximate surface area is 177 Å². The zero-order chi connectivity index (χ0) is 22.4. The first kappa shape index (κ1) is 22.0. The predicted octanol–water partition coefficient (Wildman–Crippen LogP) is 5.89. The maximum absolute atomic E-state index is 12.9. The largest absolute Gasteiger partial charge is 0.508 e. The number of halogens is 3. The van der Waals surface area contributed by atoms with Crippen LogP contribution in [-0.4, -0.2) is 18.0 Å². The fraction of sp³-hybridized carbons (Fsp3) is 0.125. The molecule has 0 unspecified atom stereocenters. The minimum absolute atomic E-state index is 0.00211. The fourth-order valence-corrected chi connectivity index (χ4v) is 2.87. The van der Waals surface area contributed by atoms with Crippen molar-refractivity contribution in [1.29, 1.82) is 0 Å². The summed E-state index contributed by atoms with van der Waals surface area (Å²) < 4.78 is 49.4. The molecule has 0 aliphatic carbocycles. The molecule has 0 aliphatic heterocycles. The number of ether oxygens (including phenoxy) is 2. The molecule has 0 heterocycles. The summed E-state index contributed by atoms with van der Waals surface area (Å²) in [6, 6.07) is 15.8. The van der Waals surface area contributed by atoms with Crippen LogP contribution in [0.1, 0.15) is 27.0 Å². The van der Waals surface area contributed by atoms with E-state index in [1.165, 1.54) is 37.5 Å². The third-order valence-corrected chi connectivity index (χ3v) is 4.42. The predicted molar refractivity (Wildman–Crippen MR) is 110 cm³/mol. The molecule has 160 valence electrons. The molecule has 0 bridgehead atoms. The monoisotopic (exact) mass is 428 g/mol. The van der Waals surface area contributed by atoms with E-state index in [9.17, 15) is 23.1 Å². The van der Waals surface area contributed by atoms with E-state index in [0.29, 0.717) is 22.4 Å². The average molecular weight is 428 g/mol. The van der Waals surface area contributed by atoms with Gasteiger partial charge in [0.1, 0.15) is 23.9 Å². The highest BCUT2D eigenvalue weighted by molar-refractivity contribution is 6.07. The van der Waals surface area contributed by atoms with Gasteiger partial charge in [0.25, 0.3) is 0 Å². The number of phenols is 1. The van der Waals surface area contributed by atoms with Crippen molar-refractivity contribution in [2.45, 2.75) is 12.8 Å². The quantitative estimate of drug-likeness (QED) is 0.376. The fourth-order valence-electron chi connectivity index (χ4n) is 2.87. The van der Waals surface area contributed by atoms with Gasteiger partial charge in [0.05, 0.1) is 12.7 Å². The number of hydrogen-bond donors (Lipinski definition) is 1. The van der Waals surface area contributed by atoms with Crippen LogP contribution in [0, 0.1) is 0 Å². The van der Waals surface area contributed by atoms with Gasteiger partial charge in [0, 0.05) is 11.1 Å². The molecule has 3 aromatic carbocycles. The van der Waals surface area contributed by atoms with Gasteiger partial charge in [-0.3, -0.25) is 4.79 Å². The van der Waals surface area contributed by atoms with Crippen molar-refractivity contribution in [3.8, 4) is 17.2 Å². The topological polar surface area (TPSA) is 55.8 Å². The first-order valence-corrected chi connectivity index (χ1v) is 9.24. The summed E-state index contributed by atoms with van der Waals surface area (Å²) in [5.41, 5.74) is 0.834. The molecule has 1 N–H and O–H groups in total. The molecule has 3 aromatic rings. The van der Waals surface area contributed by atoms with Crippen molar-refractivity contribution in [1.82, 2.24) is 0 Å². The average Bonchev–Trinajstić information content (AvgIpc) is 2.75. The summed E-state index contributed by atoms with van der Waals surface area (Å²) in [5, 5.41) is 9.49. The van der Waals surface area contributed by atoms with Gasteiger partial charge in [0.2, 0.25) is 0 Å². The van der Waals surface area contributed by atoms with Gasteiger partial charge in [-0.25, -0.2) is 0 Å². The molecular formula is C24H19F3O4. The lowest BCUT2D eigenvalue weighted by Gasteiger charge is -2.13. The molecular weight excluding hydrogens is 409 g/mol. The van der Waals surface area contributed by atoms with E-state index < -0.39 is 11.7 Å². The lowest BCUT2D eigenvalue weighted by molar-refractivity contribution is -0.137. The van der Waals surface area contributed by atoms with Crippen LogP contribution < -0.4 is 9.47 Å². The summed E-state index contributed by atoms with van der Waals surface area (Å²) in [4.78, 5) is 12.3. The highest BCUT2D eigenvalue weighted by Gasteiger charge is 2.30. The number of carbonyl (C=O) groups excluding carboxylic acids is 1. The van der Waals surface area contributed by atoms with Crippen molar-refractivity contribution >= 4 is 11.9 Å². The van der Waals surface area contributed by atoms with Gasteiger partial charge in [-0.1, -0.05) is 30.3 Å². The highest BCUT2D eigenvalue weighted by Crippen LogP contribution is 2.32. The number of alkyl halides is 3. The highest BCUT2D eigenvalue weighted by atomic mass is 19.4. The van der Waals surface area contributed by atoms with Crippen LogP contribution in [0.3, 0.4) is 0 Å². The van der Waals surface area contributed by atoms with Crippen LogP contribution in [0.15, 0.2) is 72.8 Å². The van der Waals surface area contributed by atoms with E-state index in [-0.39, 0.29) is 23.9 Å². The molecule has 31 heavy (non-hydrogen) atoms. The first-order chi connectivity index (χ1) is 14.8. The van der Waals surface area contributed by atoms with Crippen molar-refractivity contribution in [3.63, 3.8) is 0 Å². The minimum atomic E-state index is -4.45. The van der Waals surface area contributed by atoms with E-state index in [2.05, 4.69) is 0 Å². The second kappa shape index (κ2) is 9.38. The van der Waals surface area contributed by atoms with E-state index in [4.69, 9.17) is 9.47 Å². The molecule has 0 fully saturated rings. The van der Waals surface area contributed by atoms with Crippen molar-refractivity contribution < 1.29 is 32.5 Å². The van der Waals surface area contributed by atoms with Gasteiger partial charge < -0.3 is 14.6 Å². The summed E-state index contributed by atoms with van der Waals surface area (Å²) in [6.07, 6.45) is -1.49. The smallest absolute Gasteiger partial charge is 0.416 e. The van der Waals surface area contributed by atoms with Crippen molar-refractivity contribution in [2.24, 2.45) is 0 Å². The Bertz CT molecular complexity index is 1100. The summed E-state index contributed by atoms with van der Waals surface area (Å²) in [6.45, 7) is -0.0212.